The molecular formula is C17H12Cl2N2O. The molecule has 1 aromatic heterocycles. The third-order valence-corrected chi connectivity index (χ3v) is 4.24. The second kappa shape index (κ2) is 5.34. The largest absolute Gasteiger partial charge is 0.455 e. The van der Waals surface area contributed by atoms with E-state index in [-0.39, 0.29) is 0 Å². The summed E-state index contributed by atoms with van der Waals surface area (Å²) < 4.78 is 6.07. The molecule has 3 aromatic rings. The van der Waals surface area contributed by atoms with Gasteiger partial charge in [-0.1, -0.05) is 35.3 Å². The quantitative estimate of drug-likeness (QED) is 0.735. The summed E-state index contributed by atoms with van der Waals surface area (Å²) in [5.41, 5.74) is 2.54. The van der Waals surface area contributed by atoms with Crippen molar-refractivity contribution in [2.24, 2.45) is 4.99 Å². The number of benzene rings is 2. The van der Waals surface area contributed by atoms with E-state index in [1.807, 2.05) is 42.5 Å². The predicted molar refractivity (Wildman–Crippen MR) is 91.1 cm³/mol. The van der Waals surface area contributed by atoms with Crippen molar-refractivity contribution in [2.75, 3.05) is 13.1 Å². The molecule has 22 heavy (non-hydrogen) atoms. The molecule has 2 aromatic carbocycles. The average Bonchev–Trinajstić information content (AvgIpc) is 3.14. The van der Waals surface area contributed by atoms with E-state index in [1.165, 1.54) is 0 Å². The first-order valence-corrected chi connectivity index (χ1v) is 7.75. The van der Waals surface area contributed by atoms with E-state index in [1.54, 1.807) is 0 Å². The van der Waals surface area contributed by atoms with Gasteiger partial charge in [-0.15, -0.1) is 0 Å². The van der Waals surface area contributed by atoms with Gasteiger partial charge in [-0.25, -0.2) is 0 Å². The SMILES string of the molecule is Clc1ccc2oc(-c3ccccc3Cl)c(C3=NCCN3)c2c1. The zero-order valence-electron chi connectivity index (χ0n) is 11.6. The van der Waals surface area contributed by atoms with Gasteiger partial charge in [0.2, 0.25) is 0 Å². The van der Waals surface area contributed by atoms with Gasteiger partial charge in [0.05, 0.1) is 17.1 Å². The summed E-state index contributed by atoms with van der Waals surface area (Å²) in [4.78, 5) is 4.53. The molecule has 0 atom stereocenters. The molecule has 5 heteroatoms. The summed E-state index contributed by atoms with van der Waals surface area (Å²) >= 11 is 12.5. The first-order chi connectivity index (χ1) is 10.7. The lowest BCUT2D eigenvalue weighted by atomic mass is 10.0. The monoisotopic (exact) mass is 330 g/mol. The van der Waals surface area contributed by atoms with Crippen LogP contribution in [-0.4, -0.2) is 18.9 Å². The lowest BCUT2D eigenvalue weighted by Gasteiger charge is -2.06. The molecule has 0 bridgehead atoms. The molecule has 0 fully saturated rings. The van der Waals surface area contributed by atoms with Crippen molar-refractivity contribution in [1.82, 2.24) is 5.32 Å². The van der Waals surface area contributed by atoms with Gasteiger partial charge in [0.15, 0.2) is 0 Å². The van der Waals surface area contributed by atoms with Gasteiger partial charge in [-0.2, -0.15) is 0 Å². The minimum Gasteiger partial charge on any atom is -0.455 e. The zero-order valence-corrected chi connectivity index (χ0v) is 13.1. The summed E-state index contributed by atoms with van der Waals surface area (Å²) in [6.07, 6.45) is 0. The maximum absolute atomic E-state index is 6.35. The minimum atomic E-state index is 0.646. The molecule has 0 aliphatic carbocycles. The molecule has 4 rings (SSSR count). The van der Waals surface area contributed by atoms with Crippen molar-refractivity contribution in [2.45, 2.75) is 0 Å². The standard InChI is InChI=1S/C17H12Cl2N2O/c18-10-5-6-14-12(9-10)15(17-20-7-8-21-17)16(22-14)11-3-1-2-4-13(11)19/h1-6,9H,7-8H2,(H,20,21). The van der Waals surface area contributed by atoms with Crippen LogP contribution in [0.2, 0.25) is 10.0 Å². The normalized spacial score (nSPS) is 14.2. The van der Waals surface area contributed by atoms with Crippen LogP contribution in [0.15, 0.2) is 51.9 Å². The molecule has 0 amide bonds. The van der Waals surface area contributed by atoms with Crippen LogP contribution in [-0.2, 0) is 0 Å². The first kappa shape index (κ1) is 13.7. The topological polar surface area (TPSA) is 37.5 Å². The van der Waals surface area contributed by atoms with Gasteiger partial charge in [-0.05, 0) is 30.3 Å². The third-order valence-electron chi connectivity index (χ3n) is 3.68. The summed E-state index contributed by atoms with van der Waals surface area (Å²) in [5, 5.41) is 5.56. The Hall–Kier alpha value is -1.97. The van der Waals surface area contributed by atoms with Crippen LogP contribution in [0.4, 0.5) is 0 Å². The second-order valence-electron chi connectivity index (χ2n) is 5.08. The van der Waals surface area contributed by atoms with Crippen molar-refractivity contribution in [3.05, 3.63) is 58.1 Å². The van der Waals surface area contributed by atoms with E-state index in [0.29, 0.717) is 10.0 Å². The number of amidine groups is 1. The van der Waals surface area contributed by atoms with Gasteiger partial charge >= 0.3 is 0 Å². The molecule has 1 N–H and O–H groups in total. The molecule has 3 nitrogen and oxygen atoms in total. The van der Waals surface area contributed by atoms with E-state index >= 15 is 0 Å². The molecule has 110 valence electrons. The maximum atomic E-state index is 6.35. The van der Waals surface area contributed by atoms with E-state index in [9.17, 15) is 0 Å². The number of nitrogens with one attached hydrogen (secondary N) is 1. The Morgan fingerprint density at radius 2 is 1.95 bits per heavy atom. The molecule has 0 spiro atoms. The van der Waals surface area contributed by atoms with Gasteiger partial charge in [0.1, 0.15) is 17.2 Å². The Morgan fingerprint density at radius 1 is 1.09 bits per heavy atom. The summed E-state index contributed by atoms with van der Waals surface area (Å²) in [6, 6.07) is 13.2. The number of halogens is 2. The third kappa shape index (κ3) is 2.18. The van der Waals surface area contributed by atoms with Crippen LogP contribution in [0.5, 0.6) is 0 Å². The van der Waals surface area contributed by atoms with Crippen LogP contribution in [0.25, 0.3) is 22.3 Å². The van der Waals surface area contributed by atoms with Crippen molar-refractivity contribution in [1.29, 1.82) is 0 Å². The van der Waals surface area contributed by atoms with E-state index in [0.717, 1.165) is 46.8 Å². The minimum absolute atomic E-state index is 0.646. The van der Waals surface area contributed by atoms with Crippen LogP contribution in [0, 0.1) is 0 Å². The van der Waals surface area contributed by atoms with Crippen molar-refractivity contribution in [3.63, 3.8) is 0 Å². The number of aliphatic imine (C=N–C) groups is 1. The predicted octanol–water partition coefficient (Wildman–Crippen LogP) is 4.76. The molecular weight excluding hydrogens is 319 g/mol. The van der Waals surface area contributed by atoms with E-state index in [4.69, 9.17) is 27.6 Å². The van der Waals surface area contributed by atoms with E-state index in [2.05, 4.69) is 10.3 Å². The highest BCUT2D eigenvalue weighted by Gasteiger charge is 2.23. The van der Waals surface area contributed by atoms with Crippen molar-refractivity contribution < 1.29 is 4.42 Å². The number of furan rings is 1. The summed E-state index contributed by atoms with van der Waals surface area (Å²) in [7, 11) is 0. The fraction of sp³-hybridized carbons (Fsp3) is 0.118. The van der Waals surface area contributed by atoms with Crippen LogP contribution < -0.4 is 5.32 Å². The van der Waals surface area contributed by atoms with Crippen LogP contribution in [0.3, 0.4) is 0 Å². The molecule has 1 aliphatic heterocycles. The fourth-order valence-electron chi connectivity index (χ4n) is 2.71. The molecule has 0 saturated heterocycles. The highest BCUT2D eigenvalue weighted by atomic mass is 35.5. The van der Waals surface area contributed by atoms with E-state index < -0.39 is 0 Å². The highest BCUT2D eigenvalue weighted by Crippen LogP contribution is 2.38. The average molecular weight is 331 g/mol. The van der Waals surface area contributed by atoms with Crippen molar-refractivity contribution in [3.8, 4) is 11.3 Å². The number of hydrogen-bond acceptors (Lipinski definition) is 3. The molecule has 0 saturated carbocycles. The summed E-state index contributed by atoms with van der Waals surface area (Å²) in [6.45, 7) is 1.58. The second-order valence-corrected chi connectivity index (χ2v) is 5.93. The molecule has 0 radical (unpaired) electrons. The lowest BCUT2D eigenvalue weighted by molar-refractivity contribution is 0.631. The smallest absolute Gasteiger partial charge is 0.147 e. The van der Waals surface area contributed by atoms with Crippen LogP contribution in [0.1, 0.15) is 5.56 Å². The lowest BCUT2D eigenvalue weighted by Crippen LogP contribution is -2.19. The van der Waals surface area contributed by atoms with Gasteiger partial charge in [-0.3, -0.25) is 4.99 Å². The fourth-order valence-corrected chi connectivity index (χ4v) is 3.10. The highest BCUT2D eigenvalue weighted by molar-refractivity contribution is 6.34. The first-order valence-electron chi connectivity index (χ1n) is 6.99. The molecule has 2 heterocycles. The van der Waals surface area contributed by atoms with Gasteiger partial charge in [0, 0.05) is 22.5 Å². The number of nitrogens with zero attached hydrogens (tertiary/aromatic N) is 1. The Labute approximate surface area is 137 Å². The molecule has 1 aliphatic rings. The number of fused-ring (bicyclic) bond motifs is 1. The Kier molecular flexibility index (Phi) is 3.32. The Morgan fingerprint density at radius 3 is 2.73 bits per heavy atom. The molecule has 0 unspecified atom stereocenters. The van der Waals surface area contributed by atoms with Gasteiger partial charge in [0.25, 0.3) is 0 Å². The number of rotatable bonds is 2. The maximum Gasteiger partial charge on any atom is 0.147 e. The van der Waals surface area contributed by atoms with Gasteiger partial charge < -0.3 is 9.73 Å². The Bertz CT molecular complexity index is 899. The van der Waals surface area contributed by atoms with Crippen molar-refractivity contribution >= 4 is 40.0 Å². The summed E-state index contributed by atoms with van der Waals surface area (Å²) in [5.74, 6) is 1.55. The zero-order chi connectivity index (χ0) is 15.1. The van der Waals surface area contributed by atoms with Crippen LogP contribution >= 0.6 is 23.2 Å². The number of hydrogen-bond donors (Lipinski definition) is 1. The Balaban J connectivity index is 2.05.